The normalized spacial score (nSPS) is 25.5. The van der Waals surface area contributed by atoms with Gasteiger partial charge < -0.3 is 14.7 Å². The molecule has 0 spiro atoms. The Labute approximate surface area is 103 Å². The van der Waals surface area contributed by atoms with Gasteiger partial charge in [-0.15, -0.1) is 6.58 Å². The number of piperidine rings is 1. The molecule has 4 heteroatoms. The number of aliphatic hydroxyl groups excluding tert-OH is 1. The third kappa shape index (κ3) is 4.04. The molecule has 0 aromatic carbocycles. The second-order valence-electron chi connectivity index (χ2n) is 5.48. The number of hydrogen-bond acceptors (Lipinski definition) is 3. The minimum Gasteiger partial charge on any atom is -0.444 e. The molecule has 1 fully saturated rings. The van der Waals surface area contributed by atoms with E-state index in [1.54, 1.807) is 11.0 Å². The van der Waals surface area contributed by atoms with E-state index in [2.05, 4.69) is 6.58 Å². The van der Waals surface area contributed by atoms with Crippen LogP contribution in [0, 0.1) is 0 Å². The molecule has 0 radical (unpaired) electrons. The zero-order chi connectivity index (χ0) is 13.1. The van der Waals surface area contributed by atoms with Crippen molar-refractivity contribution in [1.29, 1.82) is 0 Å². The highest BCUT2D eigenvalue weighted by atomic mass is 16.6. The molecule has 1 aliphatic rings. The lowest BCUT2D eigenvalue weighted by Crippen LogP contribution is -2.52. The number of amides is 1. The molecule has 2 atom stereocenters. The van der Waals surface area contributed by atoms with Gasteiger partial charge in [0.15, 0.2) is 0 Å². The number of carbonyl (C=O) groups excluding carboxylic acids is 1. The van der Waals surface area contributed by atoms with E-state index in [4.69, 9.17) is 4.74 Å². The molecule has 0 bridgehead atoms. The summed E-state index contributed by atoms with van der Waals surface area (Å²) in [5, 5.41) is 9.92. The highest BCUT2D eigenvalue weighted by Gasteiger charge is 2.34. The Bertz CT molecular complexity index is 283. The Balaban J connectivity index is 2.71. The molecule has 0 saturated carbocycles. The first kappa shape index (κ1) is 14.0. The maximum atomic E-state index is 12.0. The molecule has 1 aliphatic heterocycles. The van der Waals surface area contributed by atoms with Crippen molar-refractivity contribution in [3.8, 4) is 0 Å². The van der Waals surface area contributed by atoms with Gasteiger partial charge in [-0.2, -0.15) is 0 Å². The SMILES string of the molecule is C=CC[C@@H]1[C@H](O)CCCN1C(=O)OC(C)(C)C. The van der Waals surface area contributed by atoms with Crippen molar-refractivity contribution in [3.63, 3.8) is 0 Å². The van der Waals surface area contributed by atoms with E-state index in [1.165, 1.54) is 0 Å². The lowest BCUT2D eigenvalue weighted by Gasteiger charge is -2.39. The van der Waals surface area contributed by atoms with Crippen LogP contribution < -0.4 is 0 Å². The number of rotatable bonds is 2. The summed E-state index contributed by atoms with van der Waals surface area (Å²) in [5.41, 5.74) is -0.502. The first-order chi connectivity index (χ1) is 7.85. The number of nitrogens with zero attached hydrogens (tertiary/aromatic N) is 1. The van der Waals surface area contributed by atoms with Crippen LogP contribution in [0.5, 0.6) is 0 Å². The van der Waals surface area contributed by atoms with E-state index in [9.17, 15) is 9.90 Å². The van der Waals surface area contributed by atoms with Crippen molar-refractivity contribution < 1.29 is 14.6 Å². The Hall–Kier alpha value is -1.03. The maximum Gasteiger partial charge on any atom is 0.410 e. The van der Waals surface area contributed by atoms with Crippen LogP contribution >= 0.6 is 0 Å². The van der Waals surface area contributed by atoms with Gasteiger partial charge in [-0.1, -0.05) is 6.08 Å². The molecule has 0 aliphatic carbocycles. The topological polar surface area (TPSA) is 49.8 Å². The molecular formula is C13H23NO3. The van der Waals surface area contributed by atoms with Crippen molar-refractivity contribution in [2.75, 3.05) is 6.54 Å². The molecule has 1 heterocycles. The lowest BCUT2D eigenvalue weighted by atomic mass is 9.96. The summed E-state index contributed by atoms with van der Waals surface area (Å²) in [6.07, 6.45) is 3.06. The van der Waals surface area contributed by atoms with Gasteiger partial charge in [0.2, 0.25) is 0 Å². The third-order valence-corrected chi connectivity index (χ3v) is 2.78. The molecule has 1 amide bonds. The molecule has 0 unspecified atom stereocenters. The average Bonchev–Trinajstić information content (AvgIpc) is 2.18. The van der Waals surface area contributed by atoms with Crippen molar-refractivity contribution >= 4 is 6.09 Å². The number of ether oxygens (including phenoxy) is 1. The van der Waals surface area contributed by atoms with Crippen LogP contribution in [-0.2, 0) is 4.74 Å². The summed E-state index contributed by atoms with van der Waals surface area (Å²) in [6, 6.07) is -0.198. The van der Waals surface area contributed by atoms with Crippen LogP contribution in [0.4, 0.5) is 4.79 Å². The zero-order valence-electron chi connectivity index (χ0n) is 11.0. The van der Waals surface area contributed by atoms with Gasteiger partial charge in [0.1, 0.15) is 5.60 Å². The third-order valence-electron chi connectivity index (χ3n) is 2.78. The van der Waals surface area contributed by atoms with Gasteiger partial charge in [0, 0.05) is 6.54 Å². The van der Waals surface area contributed by atoms with Crippen LogP contribution in [-0.4, -0.2) is 40.4 Å². The highest BCUT2D eigenvalue weighted by molar-refractivity contribution is 5.68. The van der Waals surface area contributed by atoms with Crippen LogP contribution in [0.2, 0.25) is 0 Å². The van der Waals surface area contributed by atoms with E-state index in [-0.39, 0.29) is 12.1 Å². The molecule has 1 saturated heterocycles. The summed E-state index contributed by atoms with van der Waals surface area (Å²) in [4.78, 5) is 13.6. The molecular weight excluding hydrogens is 218 g/mol. The van der Waals surface area contributed by atoms with E-state index in [1.807, 2.05) is 20.8 Å². The van der Waals surface area contributed by atoms with Crippen LogP contribution in [0.3, 0.4) is 0 Å². The van der Waals surface area contributed by atoms with Gasteiger partial charge in [-0.3, -0.25) is 0 Å². The Kier molecular flexibility index (Phi) is 4.57. The summed E-state index contributed by atoms with van der Waals surface area (Å²) >= 11 is 0. The molecule has 0 aromatic heterocycles. The van der Waals surface area contributed by atoms with E-state index < -0.39 is 11.7 Å². The van der Waals surface area contributed by atoms with Crippen LogP contribution in [0.25, 0.3) is 0 Å². The van der Waals surface area contributed by atoms with Gasteiger partial charge >= 0.3 is 6.09 Å². The summed E-state index contributed by atoms with van der Waals surface area (Å²) in [6.45, 7) is 9.83. The molecule has 1 rings (SSSR count). The second-order valence-corrected chi connectivity index (χ2v) is 5.48. The Morgan fingerprint density at radius 2 is 2.24 bits per heavy atom. The molecule has 98 valence electrons. The average molecular weight is 241 g/mol. The van der Waals surface area contributed by atoms with Crippen LogP contribution in [0.15, 0.2) is 12.7 Å². The van der Waals surface area contributed by atoms with Gasteiger partial charge in [-0.25, -0.2) is 4.79 Å². The monoisotopic (exact) mass is 241 g/mol. The maximum absolute atomic E-state index is 12.0. The fourth-order valence-corrected chi connectivity index (χ4v) is 2.04. The first-order valence-electron chi connectivity index (χ1n) is 6.13. The number of aliphatic hydroxyl groups is 1. The Morgan fingerprint density at radius 1 is 1.59 bits per heavy atom. The van der Waals surface area contributed by atoms with Gasteiger partial charge in [0.25, 0.3) is 0 Å². The van der Waals surface area contributed by atoms with Gasteiger partial charge in [0.05, 0.1) is 12.1 Å². The fraction of sp³-hybridized carbons (Fsp3) is 0.769. The Morgan fingerprint density at radius 3 is 2.76 bits per heavy atom. The predicted molar refractivity (Wildman–Crippen MR) is 66.8 cm³/mol. The minimum atomic E-state index is -0.502. The lowest BCUT2D eigenvalue weighted by molar-refractivity contribution is -0.0220. The van der Waals surface area contributed by atoms with Crippen molar-refractivity contribution in [2.24, 2.45) is 0 Å². The zero-order valence-corrected chi connectivity index (χ0v) is 11.0. The number of hydrogen-bond donors (Lipinski definition) is 1. The van der Waals surface area contributed by atoms with Crippen LogP contribution in [0.1, 0.15) is 40.0 Å². The van der Waals surface area contributed by atoms with E-state index in [0.717, 1.165) is 12.8 Å². The van der Waals surface area contributed by atoms with Crippen molar-refractivity contribution in [2.45, 2.75) is 57.8 Å². The summed E-state index contributed by atoms with van der Waals surface area (Å²) in [7, 11) is 0. The van der Waals surface area contributed by atoms with E-state index in [0.29, 0.717) is 13.0 Å². The highest BCUT2D eigenvalue weighted by Crippen LogP contribution is 2.23. The van der Waals surface area contributed by atoms with Crippen molar-refractivity contribution in [1.82, 2.24) is 4.90 Å². The minimum absolute atomic E-state index is 0.198. The van der Waals surface area contributed by atoms with Crippen molar-refractivity contribution in [3.05, 3.63) is 12.7 Å². The largest absolute Gasteiger partial charge is 0.444 e. The second kappa shape index (κ2) is 5.54. The smallest absolute Gasteiger partial charge is 0.410 e. The number of carbonyl (C=O) groups is 1. The first-order valence-corrected chi connectivity index (χ1v) is 6.13. The molecule has 4 nitrogen and oxygen atoms in total. The molecule has 17 heavy (non-hydrogen) atoms. The standard InChI is InChI=1S/C13H23NO3/c1-5-7-10-11(15)8-6-9-14(10)12(16)17-13(2,3)4/h5,10-11,15H,1,6-9H2,2-4H3/t10-,11-/m1/s1. The fourth-order valence-electron chi connectivity index (χ4n) is 2.04. The van der Waals surface area contributed by atoms with E-state index >= 15 is 0 Å². The predicted octanol–water partition coefficient (Wildman–Crippen LogP) is 2.32. The summed E-state index contributed by atoms with van der Waals surface area (Å²) in [5.74, 6) is 0. The summed E-state index contributed by atoms with van der Waals surface area (Å²) < 4.78 is 5.34. The number of likely N-dealkylation sites (tertiary alicyclic amines) is 1. The van der Waals surface area contributed by atoms with Gasteiger partial charge in [-0.05, 0) is 40.0 Å². The molecule has 0 aromatic rings. The quantitative estimate of drug-likeness (QED) is 0.755. The molecule has 1 N–H and O–H groups in total.